The molecule has 0 atom stereocenters. The van der Waals surface area contributed by atoms with Crippen LogP contribution in [0.25, 0.3) is 0 Å². The van der Waals surface area contributed by atoms with E-state index in [1.165, 1.54) is 21.9 Å². The van der Waals surface area contributed by atoms with E-state index in [9.17, 15) is 8.42 Å². The minimum atomic E-state index is -3.04. The number of sulfonamides is 1. The average molecular weight is 261 g/mol. The predicted molar refractivity (Wildman–Crippen MR) is 64.9 cm³/mol. The molecule has 1 saturated heterocycles. The van der Waals surface area contributed by atoms with Crippen LogP contribution < -0.4 is 5.73 Å². The van der Waals surface area contributed by atoms with Gasteiger partial charge in [0, 0.05) is 24.4 Å². The first kappa shape index (κ1) is 11.8. The zero-order valence-corrected chi connectivity index (χ0v) is 10.7. The van der Waals surface area contributed by atoms with Gasteiger partial charge < -0.3 is 5.73 Å². The van der Waals surface area contributed by atoms with Crippen LogP contribution in [0, 0.1) is 0 Å². The highest BCUT2D eigenvalue weighted by atomic mass is 32.2. The highest BCUT2D eigenvalue weighted by Crippen LogP contribution is 2.30. The van der Waals surface area contributed by atoms with E-state index in [2.05, 4.69) is 4.98 Å². The molecule has 5 nitrogen and oxygen atoms in total. The first-order valence-electron chi connectivity index (χ1n) is 5.13. The molecule has 0 amide bonds. The summed E-state index contributed by atoms with van der Waals surface area (Å²) in [4.78, 5) is 4.25. The number of nitrogens with two attached hydrogens (primary N) is 1. The Bertz CT molecular complexity index is 461. The molecule has 0 spiro atoms. The summed E-state index contributed by atoms with van der Waals surface area (Å²) in [5.41, 5.74) is 6.59. The maximum atomic E-state index is 11.3. The van der Waals surface area contributed by atoms with Crippen LogP contribution in [0.4, 0.5) is 5.13 Å². The van der Waals surface area contributed by atoms with Crippen molar-refractivity contribution in [3.05, 3.63) is 11.1 Å². The standard InChI is InChI=1S/C9H15N3O2S2/c1-16(13,14)12-4-2-7(3-5-12)8-6-15-9(10)11-8/h6-7H,2-5H2,1H3,(H2,10,11). The van der Waals surface area contributed by atoms with Gasteiger partial charge >= 0.3 is 0 Å². The third-order valence-corrected chi connectivity index (χ3v) is 4.88. The molecule has 1 aromatic heterocycles. The van der Waals surface area contributed by atoms with Crippen LogP contribution in [-0.4, -0.2) is 37.1 Å². The molecule has 2 N–H and O–H groups in total. The molecule has 0 aromatic carbocycles. The third-order valence-electron chi connectivity index (χ3n) is 2.88. The van der Waals surface area contributed by atoms with E-state index >= 15 is 0 Å². The lowest BCUT2D eigenvalue weighted by atomic mass is 9.95. The molecule has 16 heavy (non-hydrogen) atoms. The maximum absolute atomic E-state index is 11.3. The molecule has 90 valence electrons. The van der Waals surface area contributed by atoms with Crippen molar-refractivity contribution in [1.29, 1.82) is 0 Å². The van der Waals surface area contributed by atoms with E-state index in [-0.39, 0.29) is 0 Å². The Morgan fingerprint density at radius 3 is 2.56 bits per heavy atom. The molecule has 1 aliphatic rings. The van der Waals surface area contributed by atoms with E-state index in [1.807, 2.05) is 5.38 Å². The van der Waals surface area contributed by atoms with E-state index in [1.54, 1.807) is 0 Å². The molecular weight excluding hydrogens is 246 g/mol. The first-order chi connectivity index (χ1) is 7.47. The summed E-state index contributed by atoms with van der Waals surface area (Å²) in [6.07, 6.45) is 2.92. The summed E-state index contributed by atoms with van der Waals surface area (Å²) in [6.45, 7) is 1.17. The van der Waals surface area contributed by atoms with Crippen molar-refractivity contribution in [3.63, 3.8) is 0 Å². The van der Waals surface area contributed by atoms with Gasteiger partial charge in [-0.2, -0.15) is 0 Å². The van der Waals surface area contributed by atoms with Crippen molar-refractivity contribution < 1.29 is 8.42 Å². The van der Waals surface area contributed by atoms with Crippen LogP contribution in [-0.2, 0) is 10.0 Å². The maximum Gasteiger partial charge on any atom is 0.211 e. The number of anilines is 1. The third kappa shape index (κ3) is 2.53. The number of hydrogen-bond acceptors (Lipinski definition) is 5. The fourth-order valence-electron chi connectivity index (χ4n) is 1.97. The van der Waals surface area contributed by atoms with Gasteiger partial charge in [-0.1, -0.05) is 0 Å². The van der Waals surface area contributed by atoms with Crippen molar-refractivity contribution in [2.45, 2.75) is 18.8 Å². The second kappa shape index (κ2) is 4.31. The van der Waals surface area contributed by atoms with Gasteiger partial charge in [-0.3, -0.25) is 0 Å². The Morgan fingerprint density at radius 2 is 2.12 bits per heavy atom. The molecule has 2 rings (SSSR count). The van der Waals surface area contributed by atoms with Crippen molar-refractivity contribution >= 4 is 26.5 Å². The number of nitrogen functional groups attached to an aromatic ring is 1. The second-order valence-electron chi connectivity index (χ2n) is 4.05. The van der Waals surface area contributed by atoms with Gasteiger partial charge in [0.2, 0.25) is 10.0 Å². The Balaban J connectivity index is 2.00. The van der Waals surface area contributed by atoms with Gasteiger partial charge in [0.1, 0.15) is 0 Å². The van der Waals surface area contributed by atoms with Crippen molar-refractivity contribution in [1.82, 2.24) is 9.29 Å². The average Bonchev–Trinajstić information content (AvgIpc) is 2.64. The molecule has 1 aliphatic heterocycles. The highest BCUT2D eigenvalue weighted by molar-refractivity contribution is 7.88. The molecule has 0 bridgehead atoms. The summed E-state index contributed by atoms with van der Waals surface area (Å²) >= 11 is 1.44. The van der Waals surface area contributed by atoms with Crippen LogP contribution in [0.1, 0.15) is 24.5 Å². The van der Waals surface area contributed by atoms with Crippen LogP contribution in [0.5, 0.6) is 0 Å². The normalized spacial score (nSPS) is 20.1. The summed E-state index contributed by atoms with van der Waals surface area (Å²) in [7, 11) is -3.04. The summed E-state index contributed by atoms with van der Waals surface area (Å²) in [6, 6.07) is 0. The fraction of sp³-hybridized carbons (Fsp3) is 0.667. The minimum absolute atomic E-state index is 0.353. The molecular formula is C9H15N3O2S2. The lowest BCUT2D eigenvalue weighted by Gasteiger charge is -2.29. The number of piperidine rings is 1. The van der Waals surface area contributed by atoms with Crippen LogP contribution in [0.3, 0.4) is 0 Å². The lowest BCUT2D eigenvalue weighted by molar-refractivity contribution is 0.319. The van der Waals surface area contributed by atoms with Gasteiger partial charge in [-0.15, -0.1) is 11.3 Å². The van der Waals surface area contributed by atoms with Gasteiger partial charge in [-0.25, -0.2) is 17.7 Å². The quantitative estimate of drug-likeness (QED) is 0.857. The summed E-state index contributed by atoms with van der Waals surface area (Å²) < 4.78 is 24.2. The van der Waals surface area contributed by atoms with E-state index < -0.39 is 10.0 Å². The van der Waals surface area contributed by atoms with Gasteiger partial charge in [0.15, 0.2) is 5.13 Å². The Kier molecular flexibility index (Phi) is 3.18. The van der Waals surface area contributed by atoms with Crippen molar-refractivity contribution in [2.24, 2.45) is 0 Å². The van der Waals surface area contributed by atoms with E-state index in [0.717, 1.165) is 18.5 Å². The molecule has 0 radical (unpaired) electrons. The monoisotopic (exact) mass is 261 g/mol. The Morgan fingerprint density at radius 1 is 1.50 bits per heavy atom. The summed E-state index contributed by atoms with van der Waals surface area (Å²) in [5, 5.41) is 2.55. The smallest absolute Gasteiger partial charge is 0.211 e. The molecule has 2 heterocycles. The molecule has 0 saturated carbocycles. The van der Waals surface area contributed by atoms with Crippen molar-refractivity contribution in [2.75, 3.05) is 25.1 Å². The van der Waals surface area contributed by atoms with Gasteiger partial charge in [0.25, 0.3) is 0 Å². The largest absolute Gasteiger partial charge is 0.375 e. The van der Waals surface area contributed by atoms with Gasteiger partial charge in [-0.05, 0) is 12.8 Å². The lowest BCUT2D eigenvalue weighted by Crippen LogP contribution is -2.37. The molecule has 7 heteroatoms. The fourth-order valence-corrected chi connectivity index (χ4v) is 3.49. The Hall–Kier alpha value is -0.660. The van der Waals surface area contributed by atoms with Crippen molar-refractivity contribution in [3.8, 4) is 0 Å². The highest BCUT2D eigenvalue weighted by Gasteiger charge is 2.26. The number of hydrogen-bond donors (Lipinski definition) is 1. The Labute approximate surface area is 99.3 Å². The predicted octanol–water partition coefficient (Wildman–Crippen LogP) is 0.864. The zero-order chi connectivity index (χ0) is 11.8. The topological polar surface area (TPSA) is 76.3 Å². The van der Waals surface area contributed by atoms with Crippen LogP contribution >= 0.6 is 11.3 Å². The first-order valence-corrected chi connectivity index (χ1v) is 7.85. The molecule has 1 fully saturated rings. The van der Waals surface area contributed by atoms with Crippen LogP contribution in [0.15, 0.2) is 5.38 Å². The van der Waals surface area contributed by atoms with Gasteiger partial charge in [0.05, 0.1) is 11.9 Å². The molecule has 0 aliphatic carbocycles. The zero-order valence-electron chi connectivity index (χ0n) is 9.09. The number of nitrogens with zero attached hydrogens (tertiary/aromatic N) is 2. The summed E-state index contributed by atoms with van der Waals surface area (Å²) in [5.74, 6) is 0.353. The van der Waals surface area contributed by atoms with E-state index in [4.69, 9.17) is 5.73 Å². The second-order valence-corrected chi connectivity index (χ2v) is 6.92. The number of thiazole rings is 1. The molecule has 1 aromatic rings. The van der Waals surface area contributed by atoms with E-state index in [0.29, 0.717) is 24.1 Å². The van der Waals surface area contributed by atoms with Crippen LogP contribution in [0.2, 0.25) is 0 Å². The molecule has 0 unspecified atom stereocenters. The minimum Gasteiger partial charge on any atom is -0.375 e. The number of rotatable bonds is 2. The SMILES string of the molecule is CS(=O)(=O)N1CCC(c2csc(N)n2)CC1. The number of aromatic nitrogens is 1.